The fraction of sp³-hybridized carbons (Fsp3) is 0.350. The van der Waals surface area contributed by atoms with Crippen molar-refractivity contribution >= 4 is 5.78 Å². The molecule has 0 saturated heterocycles. The van der Waals surface area contributed by atoms with E-state index in [1.807, 2.05) is 26.0 Å². The van der Waals surface area contributed by atoms with E-state index in [4.69, 9.17) is 9.84 Å². The van der Waals surface area contributed by atoms with Crippen LogP contribution in [0.25, 0.3) is 0 Å². The molecule has 0 aliphatic rings. The second kappa shape index (κ2) is 14.6. The van der Waals surface area contributed by atoms with Crippen molar-refractivity contribution in [3.8, 4) is 0 Å². The molecule has 0 fully saturated rings. The van der Waals surface area contributed by atoms with Crippen molar-refractivity contribution in [2.45, 2.75) is 26.9 Å². The van der Waals surface area contributed by atoms with Crippen LogP contribution >= 0.6 is 0 Å². The molecule has 0 radical (unpaired) electrons. The highest BCUT2D eigenvalue weighted by Gasteiger charge is 2.18. The van der Waals surface area contributed by atoms with E-state index in [-0.39, 0.29) is 12.4 Å². The Morgan fingerprint density at radius 1 is 0.917 bits per heavy atom. The topological polar surface area (TPSA) is 66.8 Å². The maximum Gasteiger partial charge on any atom is 0.195 e. The number of rotatable bonds is 5. The van der Waals surface area contributed by atoms with Crippen LogP contribution in [-0.4, -0.2) is 35.8 Å². The van der Waals surface area contributed by atoms with Crippen LogP contribution in [0.15, 0.2) is 60.7 Å². The zero-order valence-corrected chi connectivity index (χ0v) is 14.7. The van der Waals surface area contributed by atoms with Gasteiger partial charge in [0.1, 0.15) is 6.10 Å². The first-order valence-corrected chi connectivity index (χ1v) is 8.13. The molecular formula is C20H28O4. The van der Waals surface area contributed by atoms with Gasteiger partial charge in [0.05, 0.1) is 0 Å². The average Bonchev–Trinajstić information content (AvgIpc) is 2.64. The lowest BCUT2D eigenvalue weighted by molar-refractivity contribution is 0.0747. The summed E-state index contributed by atoms with van der Waals surface area (Å²) in [6, 6.07) is 17.7. The van der Waals surface area contributed by atoms with Crippen LogP contribution < -0.4 is 0 Å². The van der Waals surface area contributed by atoms with Crippen LogP contribution in [0.1, 0.15) is 42.8 Å². The molecule has 0 aliphatic heterocycles. The fourth-order valence-corrected chi connectivity index (χ4v) is 1.75. The Morgan fingerprint density at radius 2 is 1.33 bits per heavy atom. The Balaban J connectivity index is 0.000000559. The minimum absolute atomic E-state index is 0.250. The van der Waals surface area contributed by atoms with Gasteiger partial charge < -0.3 is 14.9 Å². The molecule has 0 spiro atoms. The molecule has 0 amide bonds. The Kier molecular flexibility index (Phi) is 13.4. The van der Waals surface area contributed by atoms with Crippen LogP contribution in [0.5, 0.6) is 0 Å². The summed E-state index contributed by atoms with van der Waals surface area (Å²) in [6.45, 7) is 7.60. The second-order valence-electron chi connectivity index (χ2n) is 4.64. The zero-order valence-electron chi connectivity index (χ0n) is 14.7. The van der Waals surface area contributed by atoms with Crippen molar-refractivity contribution in [1.29, 1.82) is 0 Å². The Labute approximate surface area is 144 Å². The normalized spacial score (nSPS) is 10.5. The van der Waals surface area contributed by atoms with Gasteiger partial charge in [-0.1, -0.05) is 60.7 Å². The summed E-state index contributed by atoms with van der Waals surface area (Å²) in [4.78, 5) is 11.9. The van der Waals surface area contributed by atoms with Crippen LogP contribution in [0.3, 0.4) is 0 Å². The number of hydrogen-bond acceptors (Lipinski definition) is 4. The maximum atomic E-state index is 11.9. The molecule has 0 bridgehead atoms. The van der Waals surface area contributed by atoms with E-state index in [9.17, 15) is 9.90 Å². The predicted molar refractivity (Wildman–Crippen MR) is 97.1 cm³/mol. The summed E-state index contributed by atoms with van der Waals surface area (Å²) in [6.07, 6.45) is -1.08. The highest BCUT2D eigenvalue weighted by atomic mass is 16.5. The summed E-state index contributed by atoms with van der Waals surface area (Å²) >= 11 is 0. The van der Waals surface area contributed by atoms with E-state index in [1.54, 1.807) is 55.5 Å². The number of hydrogen-bond donors (Lipinski definition) is 2. The smallest absolute Gasteiger partial charge is 0.195 e. The minimum Gasteiger partial charge on any atom is -0.397 e. The molecule has 2 rings (SSSR count). The number of benzene rings is 2. The number of ketones is 1. The molecule has 132 valence electrons. The predicted octanol–water partition coefficient (Wildman–Crippen LogP) is 3.64. The molecule has 0 aliphatic carbocycles. The fourth-order valence-electron chi connectivity index (χ4n) is 1.75. The summed E-state index contributed by atoms with van der Waals surface area (Å²) in [7, 11) is 0. The zero-order chi connectivity index (χ0) is 18.2. The molecule has 2 aromatic rings. The van der Waals surface area contributed by atoms with Crippen molar-refractivity contribution < 1.29 is 19.7 Å². The van der Waals surface area contributed by atoms with Crippen LogP contribution in [-0.2, 0) is 4.74 Å². The van der Waals surface area contributed by atoms with E-state index in [0.717, 1.165) is 13.2 Å². The lowest BCUT2D eigenvalue weighted by Gasteiger charge is -2.09. The molecule has 1 atom stereocenters. The maximum absolute atomic E-state index is 11.9. The standard InChI is InChI=1S/C14H12O2.C4H10O.C2H6O/c15-13(11-7-3-1-4-8-11)14(16)12-9-5-2-6-10-12;1-3-5-4-2;1-2-3/h1-10,13,15H;3-4H2,1-2H3;3H,2H2,1H3. The van der Waals surface area contributed by atoms with Crippen LogP contribution in [0.4, 0.5) is 0 Å². The summed E-state index contributed by atoms with van der Waals surface area (Å²) < 4.78 is 4.83. The molecule has 2 N–H and O–H groups in total. The van der Waals surface area contributed by atoms with E-state index < -0.39 is 6.10 Å². The molecule has 2 aromatic carbocycles. The van der Waals surface area contributed by atoms with E-state index in [1.165, 1.54) is 0 Å². The number of carbonyl (C=O) groups is 1. The Bertz CT molecular complexity index is 524. The first kappa shape index (κ1) is 22.0. The number of aliphatic hydroxyl groups excluding tert-OH is 2. The SMILES string of the molecule is CCO.CCOCC.O=C(c1ccccc1)C(O)c1ccccc1. The van der Waals surface area contributed by atoms with Crippen molar-refractivity contribution in [2.24, 2.45) is 0 Å². The third-order valence-electron chi connectivity index (χ3n) is 2.83. The molecule has 24 heavy (non-hydrogen) atoms. The van der Waals surface area contributed by atoms with Crippen molar-refractivity contribution in [3.05, 3.63) is 71.8 Å². The monoisotopic (exact) mass is 332 g/mol. The summed E-state index contributed by atoms with van der Waals surface area (Å²) in [5.41, 5.74) is 1.15. The first-order valence-electron chi connectivity index (χ1n) is 8.13. The number of ether oxygens (including phenoxy) is 1. The van der Waals surface area contributed by atoms with Crippen LogP contribution in [0, 0.1) is 0 Å². The van der Waals surface area contributed by atoms with Gasteiger partial charge in [0.25, 0.3) is 0 Å². The van der Waals surface area contributed by atoms with Gasteiger partial charge in [-0.2, -0.15) is 0 Å². The first-order chi connectivity index (χ1) is 11.6. The molecule has 0 aromatic heterocycles. The lowest BCUT2D eigenvalue weighted by atomic mass is 10.0. The minimum atomic E-state index is -1.08. The van der Waals surface area contributed by atoms with Gasteiger partial charge >= 0.3 is 0 Å². The van der Waals surface area contributed by atoms with E-state index in [0.29, 0.717) is 11.1 Å². The Hall–Kier alpha value is -2.01. The third-order valence-corrected chi connectivity index (χ3v) is 2.83. The third kappa shape index (κ3) is 9.20. The molecule has 4 heteroatoms. The lowest BCUT2D eigenvalue weighted by Crippen LogP contribution is -2.11. The Morgan fingerprint density at radius 3 is 1.71 bits per heavy atom. The van der Waals surface area contributed by atoms with Crippen molar-refractivity contribution in [2.75, 3.05) is 19.8 Å². The van der Waals surface area contributed by atoms with Gasteiger partial charge in [0.15, 0.2) is 5.78 Å². The number of aliphatic hydroxyl groups is 2. The molecule has 4 nitrogen and oxygen atoms in total. The summed E-state index contributed by atoms with van der Waals surface area (Å²) in [5, 5.41) is 17.5. The van der Waals surface area contributed by atoms with E-state index >= 15 is 0 Å². The second-order valence-corrected chi connectivity index (χ2v) is 4.64. The summed E-state index contributed by atoms with van der Waals surface area (Å²) in [5.74, 6) is -0.271. The van der Waals surface area contributed by atoms with Crippen molar-refractivity contribution in [1.82, 2.24) is 0 Å². The van der Waals surface area contributed by atoms with Gasteiger partial charge in [0.2, 0.25) is 0 Å². The molecule has 0 heterocycles. The number of Topliss-reactive ketones (excluding diaryl/α,β-unsaturated/α-hetero) is 1. The highest BCUT2D eigenvalue weighted by molar-refractivity contribution is 5.99. The molecule has 1 unspecified atom stereocenters. The van der Waals surface area contributed by atoms with Gasteiger partial charge in [-0.25, -0.2) is 0 Å². The van der Waals surface area contributed by atoms with Crippen LogP contribution in [0.2, 0.25) is 0 Å². The van der Waals surface area contributed by atoms with E-state index in [2.05, 4.69) is 0 Å². The average molecular weight is 332 g/mol. The number of carbonyl (C=O) groups excluding carboxylic acids is 1. The highest BCUT2D eigenvalue weighted by Crippen LogP contribution is 2.17. The van der Waals surface area contributed by atoms with Gasteiger partial charge in [-0.05, 0) is 26.3 Å². The van der Waals surface area contributed by atoms with Gasteiger partial charge in [-0.3, -0.25) is 4.79 Å². The quantitative estimate of drug-likeness (QED) is 0.820. The molecular weight excluding hydrogens is 304 g/mol. The largest absolute Gasteiger partial charge is 0.397 e. The van der Waals surface area contributed by atoms with Crippen molar-refractivity contribution in [3.63, 3.8) is 0 Å². The molecule has 0 saturated carbocycles. The van der Waals surface area contributed by atoms with Gasteiger partial charge in [-0.15, -0.1) is 0 Å². The van der Waals surface area contributed by atoms with Gasteiger partial charge in [0, 0.05) is 25.4 Å².